The van der Waals surface area contributed by atoms with Crippen molar-refractivity contribution < 1.29 is 9.53 Å². The highest BCUT2D eigenvalue weighted by molar-refractivity contribution is 9.10. The van der Waals surface area contributed by atoms with Crippen molar-refractivity contribution >= 4 is 27.8 Å². The normalized spacial score (nSPS) is 15.5. The molecule has 0 unspecified atom stereocenters. The van der Waals surface area contributed by atoms with Crippen molar-refractivity contribution in [1.29, 1.82) is 0 Å². The molecule has 6 nitrogen and oxygen atoms in total. The average Bonchev–Trinajstić information content (AvgIpc) is 3.40. The zero-order chi connectivity index (χ0) is 19.0. The van der Waals surface area contributed by atoms with Gasteiger partial charge < -0.3 is 20.3 Å². The number of guanidine groups is 1. The van der Waals surface area contributed by atoms with Gasteiger partial charge in [-0.15, -0.1) is 0 Å². The number of rotatable bonds is 9. The Morgan fingerprint density at radius 1 is 1.27 bits per heavy atom. The van der Waals surface area contributed by atoms with E-state index in [1.807, 2.05) is 24.3 Å². The first-order chi connectivity index (χ1) is 12.4. The molecule has 0 spiro atoms. The summed E-state index contributed by atoms with van der Waals surface area (Å²) in [5, 5.41) is 6.56. The van der Waals surface area contributed by atoms with Crippen LogP contribution in [0.1, 0.15) is 24.8 Å². The van der Waals surface area contributed by atoms with E-state index in [9.17, 15) is 4.79 Å². The van der Waals surface area contributed by atoms with Gasteiger partial charge in [-0.1, -0.05) is 28.1 Å². The number of aliphatic imine (C=N–C) groups is 1. The van der Waals surface area contributed by atoms with Crippen molar-refractivity contribution in [2.24, 2.45) is 10.4 Å². The maximum atomic E-state index is 11.9. The van der Waals surface area contributed by atoms with Crippen LogP contribution in [0, 0.1) is 5.41 Å². The van der Waals surface area contributed by atoms with E-state index in [2.05, 4.69) is 31.6 Å². The lowest BCUT2D eigenvalue weighted by molar-refractivity contribution is -0.127. The summed E-state index contributed by atoms with van der Waals surface area (Å²) in [6.07, 6.45) is 3.47. The van der Waals surface area contributed by atoms with E-state index in [1.165, 1.54) is 12.8 Å². The van der Waals surface area contributed by atoms with Crippen molar-refractivity contribution in [2.75, 3.05) is 40.9 Å². The van der Waals surface area contributed by atoms with Gasteiger partial charge in [-0.2, -0.15) is 0 Å². The lowest BCUT2D eigenvalue weighted by atomic mass is 10.0. The summed E-state index contributed by atoms with van der Waals surface area (Å²) in [7, 11) is 5.24. The van der Waals surface area contributed by atoms with Crippen molar-refractivity contribution in [2.45, 2.75) is 25.8 Å². The number of nitrogens with zero attached hydrogens (tertiary/aromatic N) is 2. The summed E-state index contributed by atoms with van der Waals surface area (Å²) in [6, 6.07) is 8.09. The number of carbonyl (C=O) groups is 1. The maximum Gasteiger partial charge on any atom is 0.241 e. The number of hydrogen-bond acceptors (Lipinski definition) is 3. The second kappa shape index (κ2) is 9.92. The van der Waals surface area contributed by atoms with E-state index < -0.39 is 0 Å². The molecule has 1 saturated carbocycles. The van der Waals surface area contributed by atoms with Crippen molar-refractivity contribution in [3.63, 3.8) is 0 Å². The highest BCUT2D eigenvalue weighted by Gasteiger charge is 2.41. The van der Waals surface area contributed by atoms with E-state index in [0.717, 1.165) is 29.6 Å². The van der Waals surface area contributed by atoms with E-state index in [-0.39, 0.29) is 12.5 Å². The Hall–Kier alpha value is -1.60. The minimum absolute atomic E-state index is 0.0173. The van der Waals surface area contributed by atoms with Gasteiger partial charge in [0.2, 0.25) is 5.91 Å². The molecule has 1 aliphatic carbocycles. The van der Waals surface area contributed by atoms with Crippen LogP contribution in [-0.4, -0.2) is 57.7 Å². The number of methoxy groups -OCH3 is 1. The molecule has 1 aliphatic rings. The lowest BCUT2D eigenvalue weighted by Gasteiger charge is -2.19. The van der Waals surface area contributed by atoms with Crippen LogP contribution in [0.3, 0.4) is 0 Å². The number of benzene rings is 1. The summed E-state index contributed by atoms with van der Waals surface area (Å²) in [6.45, 7) is 2.41. The van der Waals surface area contributed by atoms with E-state index in [1.54, 1.807) is 26.1 Å². The molecule has 144 valence electrons. The fraction of sp³-hybridized carbons (Fsp3) is 0.579. The number of nitrogens with one attached hydrogen (secondary N) is 2. The monoisotopic (exact) mass is 424 g/mol. The third-order valence-electron chi connectivity index (χ3n) is 4.66. The molecule has 7 heteroatoms. The second-order valence-corrected chi connectivity index (χ2v) is 7.95. The van der Waals surface area contributed by atoms with Crippen LogP contribution >= 0.6 is 15.9 Å². The zero-order valence-electron chi connectivity index (χ0n) is 15.8. The Bertz CT molecular complexity index is 612. The highest BCUT2D eigenvalue weighted by Crippen LogP contribution is 2.48. The summed E-state index contributed by atoms with van der Waals surface area (Å²) in [5.74, 6) is 0.690. The molecular formula is C19H29BrN4O2. The van der Waals surface area contributed by atoms with Crippen LogP contribution in [0.5, 0.6) is 0 Å². The largest absolute Gasteiger partial charge is 0.385 e. The molecule has 0 aliphatic heterocycles. The van der Waals surface area contributed by atoms with Crippen molar-refractivity contribution in [3.05, 3.63) is 34.3 Å². The maximum absolute atomic E-state index is 11.9. The van der Waals surface area contributed by atoms with Crippen molar-refractivity contribution in [3.8, 4) is 0 Å². The fourth-order valence-electron chi connectivity index (χ4n) is 2.53. The summed E-state index contributed by atoms with van der Waals surface area (Å²) < 4.78 is 6.27. The number of hydrogen-bond donors (Lipinski definition) is 2. The molecule has 2 N–H and O–H groups in total. The topological polar surface area (TPSA) is 66.0 Å². The van der Waals surface area contributed by atoms with Gasteiger partial charge in [0.05, 0.1) is 13.1 Å². The minimum Gasteiger partial charge on any atom is -0.385 e. The predicted octanol–water partition coefficient (Wildman–Crippen LogP) is 2.39. The smallest absolute Gasteiger partial charge is 0.241 e. The molecule has 2 rings (SSSR count). The summed E-state index contributed by atoms with van der Waals surface area (Å²) in [4.78, 5) is 18.1. The Morgan fingerprint density at radius 3 is 2.54 bits per heavy atom. The van der Waals surface area contributed by atoms with E-state index >= 15 is 0 Å². The van der Waals surface area contributed by atoms with Gasteiger partial charge >= 0.3 is 0 Å². The molecule has 1 aromatic rings. The quantitative estimate of drug-likeness (QED) is 0.471. The Balaban J connectivity index is 1.95. The van der Waals surface area contributed by atoms with Crippen LogP contribution in [0.4, 0.5) is 0 Å². The minimum atomic E-state index is 0.0173. The Kier molecular flexibility index (Phi) is 7.90. The molecule has 0 bridgehead atoms. The number of halogens is 1. The Morgan fingerprint density at radius 2 is 1.96 bits per heavy atom. The van der Waals surface area contributed by atoms with Crippen LogP contribution in [0.2, 0.25) is 0 Å². The SMILES string of the molecule is COCCC1(CNC(=NCc2ccc(Br)cc2)NCC(=O)N(C)C)CC1. The van der Waals surface area contributed by atoms with Gasteiger partial charge in [0.1, 0.15) is 0 Å². The van der Waals surface area contributed by atoms with Gasteiger partial charge in [0.15, 0.2) is 5.96 Å². The van der Waals surface area contributed by atoms with Gasteiger partial charge in [0, 0.05) is 38.8 Å². The predicted molar refractivity (Wildman–Crippen MR) is 108 cm³/mol. The first kappa shape index (κ1) is 20.7. The van der Waals surface area contributed by atoms with Gasteiger partial charge in [-0.3, -0.25) is 4.79 Å². The molecular weight excluding hydrogens is 396 g/mol. The lowest BCUT2D eigenvalue weighted by Crippen LogP contribution is -2.44. The molecule has 0 saturated heterocycles. The average molecular weight is 425 g/mol. The first-order valence-corrected chi connectivity index (χ1v) is 9.69. The molecule has 1 aromatic carbocycles. The van der Waals surface area contributed by atoms with Gasteiger partial charge in [-0.05, 0) is 42.4 Å². The highest BCUT2D eigenvalue weighted by atomic mass is 79.9. The Labute approximate surface area is 164 Å². The molecule has 0 heterocycles. The number of carbonyl (C=O) groups excluding carboxylic acids is 1. The summed E-state index contributed by atoms with van der Waals surface area (Å²) >= 11 is 3.44. The number of amides is 1. The van der Waals surface area contributed by atoms with Crippen LogP contribution < -0.4 is 10.6 Å². The molecule has 0 radical (unpaired) electrons. The zero-order valence-corrected chi connectivity index (χ0v) is 17.4. The van der Waals surface area contributed by atoms with Crippen LogP contribution in [-0.2, 0) is 16.1 Å². The van der Waals surface area contributed by atoms with Crippen LogP contribution in [0.15, 0.2) is 33.7 Å². The molecule has 0 aromatic heterocycles. The first-order valence-electron chi connectivity index (χ1n) is 8.90. The number of likely N-dealkylation sites (N-methyl/N-ethyl adjacent to an activating group) is 1. The molecule has 1 amide bonds. The third kappa shape index (κ3) is 6.96. The van der Waals surface area contributed by atoms with E-state index in [4.69, 9.17) is 4.74 Å². The van der Waals surface area contributed by atoms with Gasteiger partial charge in [-0.25, -0.2) is 4.99 Å². The van der Waals surface area contributed by atoms with Gasteiger partial charge in [0.25, 0.3) is 0 Å². The third-order valence-corrected chi connectivity index (χ3v) is 5.19. The number of ether oxygens (including phenoxy) is 1. The van der Waals surface area contributed by atoms with E-state index in [0.29, 0.717) is 17.9 Å². The summed E-state index contributed by atoms with van der Waals surface area (Å²) in [5.41, 5.74) is 1.43. The molecule has 26 heavy (non-hydrogen) atoms. The molecule has 0 atom stereocenters. The standard InChI is InChI=1S/C19H29BrN4O2/c1-24(2)17(25)13-22-18(21-12-15-4-6-16(20)7-5-15)23-14-19(8-9-19)10-11-26-3/h4-7H,8-14H2,1-3H3,(H2,21,22,23). The fourth-order valence-corrected chi connectivity index (χ4v) is 2.80. The van der Waals surface area contributed by atoms with Crippen LogP contribution in [0.25, 0.3) is 0 Å². The molecule has 1 fully saturated rings. The second-order valence-electron chi connectivity index (χ2n) is 7.03. The van der Waals surface area contributed by atoms with Crippen molar-refractivity contribution in [1.82, 2.24) is 15.5 Å².